The van der Waals surface area contributed by atoms with Crippen molar-refractivity contribution in [3.63, 3.8) is 0 Å². The number of fused-ring (bicyclic) bond motifs is 1. The second-order valence-corrected chi connectivity index (χ2v) is 6.59. The van der Waals surface area contributed by atoms with Gasteiger partial charge in [-0.25, -0.2) is 0 Å². The average Bonchev–Trinajstić information content (AvgIpc) is 2.67. The Balaban J connectivity index is 2.09. The predicted molar refractivity (Wildman–Crippen MR) is 106 cm³/mol. The zero-order valence-corrected chi connectivity index (χ0v) is 16.4. The highest BCUT2D eigenvalue weighted by Gasteiger charge is 2.25. The molecule has 2 aromatic rings. The lowest BCUT2D eigenvalue weighted by Crippen LogP contribution is -2.23. The fraction of sp³-hybridized carbons (Fsp3) is 0.278. The molecule has 8 nitrogen and oxygen atoms in total. The molecule has 0 N–H and O–H groups in total. The highest BCUT2D eigenvalue weighted by Crippen LogP contribution is 2.42. The lowest BCUT2D eigenvalue weighted by Gasteiger charge is -2.29. The number of rotatable bonds is 7. The molecule has 3 rings (SSSR count). The zero-order chi connectivity index (χ0) is 19.4. The van der Waals surface area contributed by atoms with E-state index < -0.39 is 4.92 Å². The molecule has 0 saturated carbocycles. The van der Waals surface area contributed by atoms with Crippen molar-refractivity contribution in [3.05, 3.63) is 50.5 Å². The highest BCUT2D eigenvalue weighted by molar-refractivity contribution is 9.10. The van der Waals surface area contributed by atoms with E-state index in [2.05, 4.69) is 20.9 Å². The van der Waals surface area contributed by atoms with Crippen LogP contribution in [0.5, 0.6) is 11.5 Å². The number of methoxy groups -OCH3 is 2. The molecule has 0 radical (unpaired) electrons. The van der Waals surface area contributed by atoms with Gasteiger partial charge in [-0.15, -0.1) is 0 Å². The Morgan fingerprint density at radius 3 is 2.70 bits per heavy atom. The summed E-state index contributed by atoms with van der Waals surface area (Å²) >= 11 is 3.47. The first-order chi connectivity index (χ1) is 13.0. The minimum absolute atomic E-state index is 0.112. The Morgan fingerprint density at radius 2 is 2.00 bits per heavy atom. The Labute approximate surface area is 164 Å². The molecular weight excluding hydrogens is 418 g/mol. The van der Waals surface area contributed by atoms with E-state index in [-0.39, 0.29) is 18.0 Å². The third-order valence-corrected chi connectivity index (χ3v) is 4.52. The van der Waals surface area contributed by atoms with E-state index in [1.165, 1.54) is 6.07 Å². The molecule has 9 heteroatoms. The van der Waals surface area contributed by atoms with Crippen molar-refractivity contribution < 1.29 is 19.1 Å². The van der Waals surface area contributed by atoms with Gasteiger partial charge in [0.2, 0.25) is 0 Å². The fourth-order valence-corrected chi connectivity index (χ4v) is 3.13. The molecule has 0 unspecified atom stereocenters. The van der Waals surface area contributed by atoms with Crippen LogP contribution in [0.3, 0.4) is 0 Å². The molecule has 0 saturated heterocycles. The van der Waals surface area contributed by atoms with E-state index in [0.717, 1.165) is 15.8 Å². The summed E-state index contributed by atoms with van der Waals surface area (Å²) in [6, 6.07) is 8.77. The number of aliphatic imine (C=N–C) groups is 1. The van der Waals surface area contributed by atoms with Gasteiger partial charge in [-0.05, 0) is 18.2 Å². The van der Waals surface area contributed by atoms with Crippen molar-refractivity contribution in [2.24, 2.45) is 4.99 Å². The molecule has 0 amide bonds. The van der Waals surface area contributed by atoms with E-state index >= 15 is 0 Å². The minimum atomic E-state index is -0.463. The third-order valence-electron chi connectivity index (χ3n) is 4.03. The van der Waals surface area contributed by atoms with Crippen LogP contribution in [0, 0.1) is 10.1 Å². The monoisotopic (exact) mass is 435 g/mol. The summed E-state index contributed by atoms with van der Waals surface area (Å²) in [7, 11) is 3.14. The average molecular weight is 436 g/mol. The van der Waals surface area contributed by atoms with Crippen molar-refractivity contribution in [2.75, 3.05) is 39.0 Å². The van der Waals surface area contributed by atoms with Crippen LogP contribution in [-0.4, -0.2) is 45.2 Å². The van der Waals surface area contributed by atoms with Gasteiger partial charge < -0.3 is 19.1 Å². The van der Waals surface area contributed by atoms with Gasteiger partial charge in [0.15, 0.2) is 5.75 Å². The predicted octanol–water partition coefficient (Wildman–Crippen LogP) is 3.92. The van der Waals surface area contributed by atoms with Crippen molar-refractivity contribution in [1.82, 2.24) is 0 Å². The number of halogens is 1. The van der Waals surface area contributed by atoms with E-state index in [1.807, 2.05) is 23.1 Å². The molecule has 142 valence electrons. The van der Waals surface area contributed by atoms with Gasteiger partial charge in [-0.3, -0.25) is 15.1 Å². The molecule has 2 aromatic carbocycles. The minimum Gasteiger partial charge on any atom is -0.495 e. The van der Waals surface area contributed by atoms with E-state index in [9.17, 15) is 10.1 Å². The van der Waals surface area contributed by atoms with Gasteiger partial charge in [0.05, 0.1) is 30.0 Å². The molecule has 0 bridgehead atoms. The molecule has 0 atom stereocenters. The standard InChI is InChI=1S/C18H18BrN3O5/c1-25-5-6-27-18-9-14-12(7-16(18)22(23)24)10-20-11-21(14)15-8-13(19)3-4-17(15)26-2/h3-4,7-10H,5-6,11H2,1-2H3. The van der Waals surface area contributed by atoms with Crippen LogP contribution in [0.1, 0.15) is 5.56 Å². The summed E-state index contributed by atoms with van der Waals surface area (Å²) in [6.07, 6.45) is 1.63. The van der Waals surface area contributed by atoms with Gasteiger partial charge in [0.25, 0.3) is 0 Å². The molecule has 1 heterocycles. The smallest absolute Gasteiger partial charge is 0.311 e. The second-order valence-electron chi connectivity index (χ2n) is 5.67. The maximum absolute atomic E-state index is 11.4. The molecule has 0 aromatic heterocycles. The number of ether oxygens (including phenoxy) is 3. The van der Waals surface area contributed by atoms with Crippen LogP contribution in [0.4, 0.5) is 17.1 Å². The zero-order valence-electron chi connectivity index (χ0n) is 14.8. The van der Waals surface area contributed by atoms with Gasteiger partial charge in [0, 0.05) is 35.5 Å². The van der Waals surface area contributed by atoms with E-state index in [1.54, 1.807) is 26.5 Å². The summed E-state index contributed by atoms with van der Waals surface area (Å²) in [4.78, 5) is 17.2. The van der Waals surface area contributed by atoms with Gasteiger partial charge in [-0.1, -0.05) is 15.9 Å². The number of hydrogen-bond acceptors (Lipinski definition) is 7. The van der Waals surface area contributed by atoms with Crippen molar-refractivity contribution in [2.45, 2.75) is 0 Å². The Morgan fingerprint density at radius 1 is 1.19 bits per heavy atom. The first-order valence-corrected chi connectivity index (χ1v) is 8.89. The largest absolute Gasteiger partial charge is 0.495 e. The molecule has 0 aliphatic carbocycles. The second kappa shape index (κ2) is 8.36. The number of nitrogens with zero attached hydrogens (tertiary/aromatic N) is 3. The summed E-state index contributed by atoms with van der Waals surface area (Å²) in [5.74, 6) is 0.853. The lowest BCUT2D eigenvalue weighted by molar-refractivity contribution is -0.385. The van der Waals surface area contributed by atoms with Gasteiger partial charge in [-0.2, -0.15) is 0 Å². The van der Waals surface area contributed by atoms with Crippen LogP contribution in [-0.2, 0) is 4.74 Å². The molecule has 1 aliphatic rings. The maximum atomic E-state index is 11.4. The van der Waals surface area contributed by atoms with Crippen LogP contribution >= 0.6 is 15.9 Å². The first kappa shape index (κ1) is 19.1. The molecule has 0 fully saturated rings. The Hall–Kier alpha value is -2.65. The fourth-order valence-electron chi connectivity index (χ4n) is 2.78. The summed E-state index contributed by atoms with van der Waals surface area (Å²) < 4.78 is 16.9. The van der Waals surface area contributed by atoms with Crippen LogP contribution in [0.25, 0.3) is 0 Å². The quantitative estimate of drug-likeness (QED) is 0.372. The number of benzene rings is 2. The SMILES string of the molecule is COCCOc1cc2c(cc1[N+](=O)[O-])C=NCN2c1cc(Br)ccc1OC. The van der Waals surface area contributed by atoms with E-state index in [4.69, 9.17) is 14.2 Å². The van der Waals surface area contributed by atoms with Crippen LogP contribution in [0.15, 0.2) is 39.8 Å². The highest BCUT2D eigenvalue weighted by atomic mass is 79.9. The topological polar surface area (TPSA) is 86.4 Å². The maximum Gasteiger partial charge on any atom is 0.311 e. The van der Waals surface area contributed by atoms with E-state index in [0.29, 0.717) is 24.6 Å². The summed E-state index contributed by atoms with van der Waals surface area (Å²) in [5.41, 5.74) is 2.06. The summed E-state index contributed by atoms with van der Waals surface area (Å²) in [6.45, 7) is 0.901. The third kappa shape index (κ3) is 4.04. The molecular formula is C18H18BrN3O5. The van der Waals surface area contributed by atoms with Crippen LogP contribution in [0.2, 0.25) is 0 Å². The summed E-state index contributed by atoms with van der Waals surface area (Å²) in [5, 5.41) is 11.4. The normalized spacial score (nSPS) is 12.6. The van der Waals surface area contributed by atoms with Gasteiger partial charge in [0.1, 0.15) is 19.0 Å². The van der Waals surface area contributed by atoms with Gasteiger partial charge >= 0.3 is 5.69 Å². The van der Waals surface area contributed by atoms with Crippen LogP contribution < -0.4 is 14.4 Å². The molecule has 0 spiro atoms. The van der Waals surface area contributed by atoms with Crippen molar-refractivity contribution in [1.29, 1.82) is 0 Å². The molecule has 1 aliphatic heterocycles. The number of hydrogen-bond donors (Lipinski definition) is 0. The van der Waals surface area contributed by atoms with Crippen molar-refractivity contribution >= 4 is 39.2 Å². The first-order valence-electron chi connectivity index (χ1n) is 8.10. The number of nitro benzene ring substituents is 1. The lowest BCUT2D eigenvalue weighted by atomic mass is 10.1. The molecule has 27 heavy (non-hydrogen) atoms. The Bertz CT molecular complexity index is 888. The number of nitro groups is 1. The number of anilines is 2. The Kier molecular flexibility index (Phi) is 5.92. The van der Waals surface area contributed by atoms with Crippen molar-refractivity contribution in [3.8, 4) is 11.5 Å².